The average molecular weight is 764 g/mol. The van der Waals surface area contributed by atoms with Gasteiger partial charge in [0.2, 0.25) is 0 Å². The molecule has 2 saturated heterocycles. The third-order valence-electron chi connectivity index (χ3n) is 10.0. The van der Waals surface area contributed by atoms with E-state index in [1.807, 2.05) is 48.5 Å². The zero-order valence-electron chi connectivity index (χ0n) is 27.7. The Bertz CT molecular complexity index is 2060. The summed E-state index contributed by atoms with van der Waals surface area (Å²) in [6, 6.07) is 23.6. The van der Waals surface area contributed by atoms with Gasteiger partial charge >= 0.3 is 12.1 Å². The lowest BCUT2D eigenvalue weighted by Crippen LogP contribution is -2.52. The molecule has 10 nitrogen and oxygen atoms in total. The molecule has 4 aliphatic heterocycles. The highest BCUT2D eigenvalue weighted by Gasteiger charge is 2.49. The normalized spacial score (nSPS) is 17.7. The van der Waals surface area contributed by atoms with E-state index >= 15 is 0 Å². The largest absolute Gasteiger partial charge is 0.479 e. The highest BCUT2D eigenvalue weighted by molar-refractivity contribution is 9.08. The van der Waals surface area contributed by atoms with Gasteiger partial charge in [-0.1, -0.05) is 28.1 Å². The van der Waals surface area contributed by atoms with Crippen molar-refractivity contribution in [1.82, 2.24) is 19.4 Å². The lowest BCUT2D eigenvalue weighted by Gasteiger charge is -2.45. The number of nitrogens with one attached hydrogen (secondary N) is 1. The summed E-state index contributed by atoms with van der Waals surface area (Å²) in [6.45, 7) is 2.24. The number of nitrogens with zero attached hydrogens (tertiary/aromatic N) is 5. The minimum atomic E-state index is -4.89. The number of aromatic nitrogens is 2. The molecule has 0 unspecified atom stereocenters. The number of methoxy groups -OCH3 is 1. The second kappa shape index (κ2) is 13.4. The maximum atomic E-state index is 12.8. The van der Waals surface area contributed by atoms with Crippen molar-refractivity contribution in [1.29, 1.82) is 10.5 Å². The first-order chi connectivity index (χ1) is 24.6. The third-order valence-corrected chi connectivity index (χ3v) is 10.7. The summed E-state index contributed by atoms with van der Waals surface area (Å²) in [6.07, 6.45) is -2.67. The highest BCUT2D eigenvalue weighted by atomic mass is 79.9. The van der Waals surface area contributed by atoms with Crippen molar-refractivity contribution in [3.8, 4) is 35.0 Å². The molecule has 0 atom stereocenters. The van der Waals surface area contributed by atoms with Crippen molar-refractivity contribution in [3.63, 3.8) is 0 Å². The number of hydrogen-bond donors (Lipinski definition) is 1. The molecule has 0 saturated carbocycles. The summed E-state index contributed by atoms with van der Waals surface area (Å²) >= 11 is 3.40. The number of carbonyl (C=O) groups excluding carboxylic acids is 1. The molecule has 4 aliphatic rings. The van der Waals surface area contributed by atoms with Crippen LogP contribution >= 0.6 is 15.9 Å². The first-order valence-corrected chi connectivity index (χ1v) is 17.7. The predicted molar refractivity (Wildman–Crippen MR) is 183 cm³/mol. The molecule has 14 heteroatoms. The zero-order valence-corrected chi connectivity index (χ0v) is 29.3. The average Bonchev–Trinajstić information content (AvgIpc) is 3.78. The van der Waals surface area contributed by atoms with Gasteiger partial charge in [0, 0.05) is 51.2 Å². The van der Waals surface area contributed by atoms with E-state index in [-0.39, 0.29) is 31.5 Å². The molecule has 2 aromatic carbocycles. The van der Waals surface area contributed by atoms with Gasteiger partial charge in [-0.25, -0.2) is 0 Å². The number of likely N-dealkylation sites (tertiary alicyclic amines) is 1. The maximum Gasteiger partial charge on any atom is 0.471 e. The molecule has 0 bridgehead atoms. The van der Waals surface area contributed by atoms with Gasteiger partial charge in [0.15, 0.2) is 11.2 Å². The van der Waals surface area contributed by atoms with Gasteiger partial charge in [0.05, 0.1) is 29.4 Å². The molecule has 2 aromatic heterocycles. The van der Waals surface area contributed by atoms with Gasteiger partial charge in [-0.3, -0.25) is 13.9 Å². The summed E-state index contributed by atoms with van der Waals surface area (Å²) in [7, 11) is 1.69. The number of halogens is 4. The molecule has 4 aromatic rings. The number of nitriles is 2. The van der Waals surface area contributed by atoms with Crippen LogP contribution < -0.4 is 14.8 Å². The number of piperidine rings is 2. The van der Waals surface area contributed by atoms with Crippen molar-refractivity contribution in [3.05, 3.63) is 94.6 Å². The fourth-order valence-corrected chi connectivity index (χ4v) is 7.94. The second-order valence-corrected chi connectivity index (χ2v) is 13.6. The predicted octanol–water partition coefficient (Wildman–Crippen LogP) is 6.48. The monoisotopic (exact) mass is 762 g/mol. The van der Waals surface area contributed by atoms with Crippen LogP contribution in [0.15, 0.2) is 60.7 Å². The van der Waals surface area contributed by atoms with E-state index in [2.05, 4.69) is 38.0 Å². The summed E-state index contributed by atoms with van der Waals surface area (Å²) in [5.74, 6) is -0.414. The van der Waals surface area contributed by atoms with E-state index < -0.39 is 17.7 Å². The third kappa shape index (κ3) is 6.05. The quantitative estimate of drug-likeness (QED) is 0.238. The van der Waals surface area contributed by atoms with Gasteiger partial charge < -0.3 is 24.4 Å². The topological polar surface area (TPSA) is 117 Å². The number of hydrogen-bond acceptors (Lipinski definition) is 7. The number of rotatable bonds is 3. The van der Waals surface area contributed by atoms with Gasteiger partial charge in [-0.15, -0.1) is 0 Å². The van der Waals surface area contributed by atoms with Gasteiger partial charge in [0.1, 0.15) is 35.0 Å². The van der Waals surface area contributed by atoms with Crippen LogP contribution in [0, 0.1) is 22.7 Å². The fourth-order valence-electron chi connectivity index (χ4n) is 7.59. The van der Waals surface area contributed by atoms with Crippen LogP contribution in [0.1, 0.15) is 59.6 Å². The van der Waals surface area contributed by atoms with Crippen molar-refractivity contribution >= 4 is 21.8 Å². The SMILES string of the molecule is COCc1ccc2c(c1)OC1(CCNCC1)c1ccc(C#N)n1-2.N#Cc1ccc2n1-c1ccc(CBr)cc1OC21CCN(C(=O)C(F)(F)F)CC1. The Hall–Kier alpha value is -4.76. The second-order valence-electron chi connectivity index (χ2n) is 13.0. The molecule has 2 spiro atoms. The van der Waals surface area contributed by atoms with Crippen LogP contribution in [-0.2, 0) is 32.7 Å². The Morgan fingerprint density at radius 3 is 1.84 bits per heavy atom. The summed E-state index contributed by atoms with van der Waals surface area (Å²) in [5.41, 5.74) is 5.38. The Morgan fingerprint density at radius 2 is 1.35 bits per heavy atom. The smallest absolute Gasteiger partial charge is 0.471 e. The summed E-state index contributed by atoms with van der Waals surface area (Å²) < 4.78 is 60.2. The number of fused-ring (bicyclic) bond motifs is 8. The molecular weight excluding hydrogens is 729 g/mol. The van der Waals surface area contributed by atoms with Crippen molar-refractivity contribution in [2.45, 2.75) is 55.0 Å². The number of benzene rings is 2. The molecule has 0 radical (unpaired) electrons. The van der Waals surface area contributed by atoms with E-state index in [0.717, 1.165) is 70.5 Å². The molecule has 51 heavy (non-hydrogen) atoms. The van der Waals surface area contributed by atoms with Gasteiger partial charge in [-0.2, -0.15) is 23.7 Å². The Balaban J connectivity index is 0.000000162. The van der Waals surface area contributed by atoms with E-state index in [1.165, 1.54) is 0 Å². The molecular formula is C37H34BrF3N6O4. The van der Waals surface area contributed by atoms with Gasteiger partial charge in [0.25, 0.3) is 0 Å². The number of ether oxygens (including phenoxy) is 3. The maximum absolute atomic E-state index is 12.8. The molecule has 0 aliphatic carbocycles. The lowest BCUT2D eigenvalue weighted by molar-refractivity contribution is -0.188. The van der Waals surface area contributed by atoms with Crippen LogP contribution in [-0.4, -0.2) is 59.4 Å². The number of amides is 1. The first-order valence-electron chi connectivity index (χ1n) is 16.6. The van der Waals surface area contributed by atoms with Crippen LogP contribution in [0.4, 0.5) is 13.2 Å². The summed E-state index contributed by atoms with van der Waals surface area (Å²) in [4.78, 5) is 12.4. The molecule has 1 amide bonds. The van der Waals surface area contributed by atoms with E-state index in [4.69, 9.17) is 14.2 Å². The van der Waals surface area contributed by atoms with Crippen LogP contribution in [0.2, 0.25) is 0 Å². The minimum Gasteiger partial charge on any atom is -0.479 e. The van der Waals surface area contributed by atoms with E-state index in [1.54, 1.807) is 23.8 Å². The molecule has 8 rings (SSSR count). The zero-order chi connectivity index (χ0) is 36.0. The molecule has 264 valence electrons. The molecule has 2 fully saturated rings. The number of carbonyl (C=O) groups is 1. The van der Waals surface area contributed by atoms with Crippen LogP contribution in [0.5, 0.6) is 11.5 Å². The number of alkyl halides is 4. The van der Waals surface area contributed by atoms with Crippen LogP contribution in [0.25, 0.3) is 11.4 Å². The Kier molecular flexibility index (Phi) is 9.12. The Morgan fingerprint density at radius 1 is 0.843 bits per heavy atom. The van der Waals surface area contributed by atoms with Crippen molar-refractivity contribution in [2.75, 3.05) is 33.3 Å². The standard InChI is InChI=1S/C19H15BrF3N3O2.C18H19N3O2/c20-10-12-1-3-14-15(9-12)28-18(16-4-2-13(11-24)26(14)16)5-7-25(8-6-18)17(27)19(21,22)23;1-22-12-13-2-4-15-16(10-13)23-18(6-8-20-9-7-18)17-5-3-14(11-19)21(15)17/h1-4,9H,5-8,10H2;2-5,10,20H,6-9,12H2,1H3. The highest BCUT2D eigenvalue weighted by Crippen LogP contribution is 2.47. The molecule has 6 heterocycles. The Labute approximate surface area is 301 Å². The van der Waals surface area contributed by atoms with Crippen LogP contribution in [0.3, 0.4) is 0 Å². The fraction of sp³-hybridized carbons (Fsp3) is 0.378. The first kappa shape index (κ1) is 34.7. The van der Waals surface area contributed by atoms with E-state index in [0.29, 0.717) is 29.1 Å². The summed E-state index contributed by atoms with van der Waals surface area (Å²) in [5, 5.41) is 23.0. The minimum absolute atomic E-state index is 0.0706. The van der Waals surface area contributed by atoms with Gasteiger partial charge in [-0.05, 0) is 72.7 Å². The van der Waals surface area contributed by atoms with Crippen molar-refractivity contribution in [2.24, 2.45) is 0 Å². The molecule has 1 N–H and O–H groups in total. The van der Waals surface area contributed by atoms with E-state index in [9.17, 15) is 28.5 Å². The van der Waals surface area contributed by atoms with Crippen molar-refractivity contribution < 1.29 is 32.2 Å². The lowest BCUT2D eigenvalue weighted by atomic mass is 9.86.